The Morgan fingerprint density at radius 1 is 1.42 bits per heavy atom. The van der Waals surface area contributed by atoms with Crippen molar-refractivity contribution in [3.63, 3.8) is 0 Å². The van der Waals surface area contributed by atoms with Crippen LogP contribution in [0, 0.1) is 12.8 Å². The summed E-state index contributed by atoms with van der Waals surface area (Å²) >= 11 is 0. The van der Waals surface area contributed by atoms with Crippen LogP contribution in [0.2, 0.25) is 0 Å². The lowest BCUT2D eigenvalue weighted by Crippen LogP contribution is -2.25. The van der Waals surface area contributed by atoms with Crippen LogP contribution in [0.3, 0.4) is 0 Å². The van der Waals surface area contributed by atoms with E-state index in [2.05, 4.69) is 10.6 Å². The molecule has 3 N–H and O–H groups in total. The predicted octanol–water partition coefficient (Wildman–Crippen LogP) is 0.768. The number of rotatable bonds is 3. The first kappa shape index (κ1) is 13.1. The molecule has 1 saturated heterocycles. The molecule has 1 aromatic rings. The third-order valence-corrected chi connectivity index (χ3v) is 3.09. The van der Waals surface area contributed by atoms with Gasteiger partial charge < -0.3 is 15.7 Å². The van der Waals surface area contributed by atoms with Crippen molar-refractivity contribution in [2.24, 2.45) is 5.92 Å². The zero-order chi connectivity index (χ0) is 14.0. The zero-order valence-electron chi connectivity index (χ0n) is 10.4. The molecule has 6 heteroatoms. The Labute approximate surface area is 109 Å². The molecule has 19 heavy (non-hydrogen) atoms. The first-order valence-electron chi connectivity index (χ1n) is 5.89. The second-order valence-electron chi connectivity index (χ2n) is 4.50. The highest BCUT2D eigenvalue weighted by Gasteiger charge is 2.28. The third-order valence-electron chi connectivity index (χ3n) is 3.09. The van der Waals surface area contributed by atoms with Crippen molar-refractivity contribution in [2.75, 3.05) is 11.9 Å². The zero-order valence-corrected chi connectivity index (χ0v) is 10.4. The van der Waals surface area contributed by atoms with Crippen LogP contribution >= 0.6 is 0 Å². The molecule has 1 aliphatic heterocycles. The molecule has 0 aromatic heterocycles. The molecule has 1 unspecified atom stereocenters. The maximum Gasteiger partial charge on any atom is 0.338 e. The van der Waals surface area contributed by atoms with Gasteiger partial charge in [0.25, 0.3) is 0 Å². The number of carbonyl (C=O) groups is 3. The van der Waals surface area contributed by atoms with Gasteiger partial charge >= 0.3 is 5.97 Å². The largest absolute Gasteiger partial charge is 0.478 e. The van der Waals surface area contributed by atoms with E-state index in [0.29, 0.717) is 12.1 Å². The van der Waals surface area contributed by atoms with Crippen LogP contribution in [0.1, 0.15) is 22.3 Å². The Hall–Kier alpha value is -2.37. The topological polar surface area (TPSA) is 95.5 Å². The Bertz CT molecular complexity index is 554. The minimum absolute atomic E-state index is 0.0770. The molecule has 2 amide bonds. The molecule has 1 fully saturated rings. The van der Waals surface area contributed by atoms with E-state index in [9.17, 15) is 14.4 Å². The smallest absolute Gasteiger partial charge is 0.338 e. The summed E-state index contributed by atoms with van der Waals surface area (Å²) in [5.41, 5.74) is 0.913. The molecule has 0 aliphatic carbocycles. The van der Waals surface area contributed by atoms with E-state index in [1.807, 2.05) is 0 Å². The summed E-state index contributed by atoms with van der Waals surface area (Å²) in [5.74, 6) is -2.04. The molecule has 2 rings (SSSR count). The van der Waals surface area contributed by atoms with Gasteiger partial charge in [0.2, 0.25) is 11.8 Å². The minimum Gasteiger partial charge on any atom is -0.478 e. The molecule has 1 aliphatic rings. The summed E-state index contributed by atoms with van der Waals surface area (Å²) in [6.45, 7) is 1.96. The fourth-order valence-corrected chi connectivity index (χ4v) is 2.08. The van der Waals surface area contributed by atoms with E-state index < -0.39 is 11.9 Å². The van der Waals surface area contributed by atoms with Crippen molar-refractivity contribution in [1.29, 1.82) is 0 Å². The maximum absolute atomic E-state index is 12.0. The minimum atomic E-state index is -1.09. The average Bonchev–Trinajstić information content (AvgIpc) is 2.75. The van der Waals surface area contributed by atoms with E-state index in [4.69, 9.17) is 5.11 Å². The summed E-state index contributed by atoms with van der Waals surface area (Å²) in [5, 5.41) is 14.3. The van der Waals surface area contributed by atoms with Gasteiger partial charge in [-0.2, -0.15) is 0 Å². The van der Waals surface area contributed by atoms with E-state index in [1.165, 1.54) is 0 Å². The number of amides is 2. The van der Waals surface area contributed by atoms with Crippen molar-refractivity contribution in [3.8, 4) is 0 Å². The van der Waals surface area contributed by atoms with Gasteiger partial charge in [-0.05, 0) is 18.6 Å². The Kier molecular flexibility index (Phi) is 3.50. The highest BCUT2D eigenvalue weighted by atomic mass is 16.4. The van der Waals surface area contributed by atoms with Crippen LogP contribution in [0.15, 0.2) is 18.2 Å². The second kappa shape index (κ2) is 5.09. The van der Waals surface area contributed by atoms with Crippen LogP contribution in [0.25, 0.3) is 0 Å². The number of benzene rings is 1. The van der Waals surface area contributed by atoms with Crippen LogP contribution in [0.5, 0.6) is 0 Å². The van der Waals surface area contributed by atoms with E-state index in [-0.39, 0.29) is 29.5 Å². The van der Waals surface area contributed by atoms with Crippen molar-refractivity contribution in [1.82, 2.24) is 5.32 Å². The van der Waals surface area contributed by atoms with Crippen molar-refractivity contribution in [2.45, 2.75) is 13.3 Å². The SMILES string of the molecule is Cc1cccc(NC(=O)C2CNC(=O)C2)c1C(=O)O. The molecule has 0 spiro atoms. The fourth-order valence-electron chi connectivity index (χ4n) is 2.08. The molecule has 0 radical (unpaired) electrons. The number of carboxylic acid groups (broad SMARTS) is 1. The number of aryl methyl sites for hydroxylation is 1. The number of aromatic carboxylic acids is 1. The van der Waals surface area contributed by atoms with Gasteiger partial charge in [0.1, 0.15) is 0 Å². The van der Waals surface area contributed by atoms with Gasteiger partial charge in [-0.3, -0.25) is 9.59 Å². The van der Waals surface area contributed by atoms with Gasteiger partial charge in [0.15, 0.2) is 0 Å². The quantitative estimate of drug-likeness (QED) is 0.749. The lowest BCUT2D eigenvalue weighted by Gasteiger charge is -2.12. The average molecular weight is 262 g/mol. The van der Waals surface area contributed by atoms with Gasteiger partial charge in [-0.25, -0.2) is 4.79 Å². The molecule has 1 aromatic carbocycles. The highest BCUT2D eigenvalue weighted by Crippen LogP contribution is 2.21. The van der Waals surface area contributed by atoms with Crippen molar-refractivity contribution in [3.05, 3.63) is 29.3 Å². The van der Waals surface area contributed by atoms with Crippen LogP contribution < -0.4 is 10.6 Å². The first-order chi connectivity index (χ1) is 8.99. The molecule has 1 heterocycles. The fraction of sp³-hybridized carbons (Fsp3) is 0.308. The van der Waals surface area contributed by atoms with Gasteiger partial charge in [-0.15, -0.1) is 0 Å². The number of hydrogen-bond acceptors (Lipinski definition) is 3. The van der Waals surface area contributed by atoms with E-state index in [0.717, 1.165) is 0 Å². The van der Waals surface area contributed by atoms with Crippen LogP contribution in [-0.2, 0) is 9.59 Å². The first-order valence-corrected chi connectivity index (χ1v) is 5.89. The molecule has 6 nitrogen and oxygen atoms in total. The van der Waals surface area contributed by atoms with E-state index >= 15 is 0 Å². The third kappa shape index (κ3) is 2.73. The molecule has 0 saturated carbocycles. The Balaban J connectivity index is 2.19. The summed E-state index contributed by atoms with van der Waals surface area (Å²) in [7, 11) is 0. The van der Waals surface area contributed by atoms with Crippen molar-refractivity contribution < 1.29 is 19.5 Å². The van der Waals surface area contributed by atoms with E-state index in [1.54, 1.807) is 25.1 Å². The highest BCUT2D eigenvalue weighted by molar-refractivity contribution is 6.03. The number of hydrogen-bond donors (Lipinski definition) is 3. The van der Waals surface area contributed by atoms with Crippen LogP contribution in [0.4, 0.5) is 5.69 Å². The summed E-state index contributed by atoms with van der Waals surface area (Å²) in [6, 6.07) is 4.88. The van der Waals surface area contributed by atoms with Gasteiger partial charge in [0, 0.05) is 13.0 Å². The number of anilines is 1. The molecule has 0 bridgehead atoms. The normalized spacial score (nSPS) is 17.9. The lowest BCUT2D eigenvalue weighted by molar-refractivity contribution is -0.123. The molecule has 100 valence electrons. The number of carbonyl (C=O) groups excluding carboxylic acids is 2. The van der Waals surface area contributed by atoms with Gasteiger partial charge in [-0.1, -0.05) is 12.1 Å². The Morgan fingerprint density at radius 3 is 2.74 bits per heavy atom. The predicted molar refractivity (Wildman–Crippen MR) is 67.9 cm³/mol. The summed E-state index contributed by atoms with van der Waals surface area (Å²) in [4.78, 5) is 34.2. The second-order valence-corrected chi connectivity index (χ2v) is 4.50. The molecule has 1 atom stereocenters. The van der Waals surface area contributed by atoms with Crippen LogP contribution in [-0.4, -0.2) is 29.4 Å². The lowest BCUT2D eigenvalue weighted by atomic mass is 10.0. The van der Waals surface area contributed by atoms with Crippen molar-refractivity contribution >= 4 is 23.5 Å². The monoisotopic (exact) mass is 262 g/mol. The Morgan fingerprint density at radius 2 is 2.16 bits per heavy atom. The molecular weight excluding hydrogens is 248 g/mol. The summed E-state index contributed by atoms with van der Waals surface area (Å²) in [6.07, 6.45) is 0.139. The number of nitrogens with one attached hydrogen (secondary N) is 2. The van der Waals surface area contributed by atoms with Gasteiger partial charge in [0.05, 0.1) is 17.2 Å². The standard InChI is InChI=1S/C13H14N2O4/c1-7-3-2-4-9(11(7)13(18)19)15-12(17)8-5-10(16)14-6-8/h2-4,8H,5-6H2,1H3,(H,14,16)(H,15,17)(H,18,19). The maximum atomic E-state index is 12.0. The number of carboxylic acids is 1. The summed E-state index contributed by atoms with van der Waals surface area (Å²) < 4.78 is 0. The molecular formula is C13H14N2O4.